The molecule has 132 valence electrons. The normalized spacial score (nSPS) is 15.4. The van der Waals surface area contributed by atoms with Gasteiger partial charge in [-0.3, -0.25) is 9.69 Å². The van der Waals surface area contributed by atoms with Crippen LogP contribution in [-0.2, 0) is 17.9 Å². The van der Waals surface area contributed by atoms with Crippen LogP contribution in [0.25, 0.3) is 0 Å². The number of carbonyl (C=O) groups excluding carboxylic acids is 1. The molecule has 0 bridgehead atoms. The van der Waals surface area contributed by atoms with Crippen LogP contribution < -0.4 is 4.74 Å². The highest BCUT2D eigenvalue weighted by molar-refractivity contribution is 7.98. The van der Waals surface area contributed by atoms with Gasteiger partial charge in [-0.05, 0) is 41.6 Å². The molecule has 0 spiro atoms. The van der Waals surface area contributed by atoms with Crippen LogP contribution >= 0.6 is 11.8 Å². The van der Waals surface area contributed by atoms with Crippen molar-refractivity contribution in [3.05, 3.63) is 59.7 Å². The van der Waals surface area contributed by atoms with E-state index >= 15 is 0 Å². The van der Waals surface area contributed by atoms with Gasteiger partial charge in [-0.1, -0.05) is 24.3 Å². The maximum atomic E-state index is 12.5. The van der Waals surface area contributed by atoms with E-state index in [2.05, 4.69) is 35.4 Å². The summed E-state index contributed by atoms with van der Waals surface area (Å²) in [6.45, 7) is 3.61. The molecule has 0 N–H and O–H groups in total. The van der Waals surface area contributed by atoms with Crippen molar-refractivity contribution in [2.75, 3.05) is 33.0 Å². The van der Waals surface area contributed by atoms with E-state index in [-0.39, 0.29) is 5.91 Å². The van der Waals surface area contributed by atoms with Gasteiger partial charge in [-0.25, -0.2) is 0 Å². The summed E-state index contributed by atoms with van der Waals surface area (Å²) in [6.07, 6.45) is 2.08. The van der Waals surface area contributed by atoms with E-state index in [1.807, 2.05) is 29.2 Å². The number of benzene rings is 2. The molecular formula is C20H24N2O2S. The molecular weight excluding hydrogens is 332 g/mol. The summed E-state index contributed by atoms with van der Waals surface area (Å²) < 4.78 is 5.26. The first kappa shape index (κ1) is 17.8. The number of hydrogen-bond donors (Lipinski definition) is 0. The van der Waals surface area contributed by atoms with Gasteiger partial charge in [0.15, 0.2) is 0 Å². The Labute approximate surface area is 153 Å². The Hall–Kier alpha value is -1.98. The molecule has 1 saturated heterocycles. The van der Waals surface area contributed by atoms with E-state index in [4.69, 9.17) is 4.74 Å². The molecule has 1 heterocycles. The topological polar surface area (TPSA) is 32.8 Å². The molecule has 2 aromatic rings. The Morgan fingerprint density at radius 3 is 2.52 bits per heavy atom. The Kier molecular flexibility index (Phi) is 6.00. The molecule has 5 heteroatoms. The summed E-state index contributed by atoms with van der Waals surface area (Å²) in [5.74, 6) is 1.02. The number of rotatable bonds is 6. The minimum Gasteiger partial charge on any atom is -0.497 e. The van der Waals surface area contributed by atoms with Crippen LogP contribution in [-0.4, -0.2) is 48.7 Å². The van der Waals surface area contributed by atoms with Crippen LogP contribution in [0.1, 0.15) is 11.1 Å². The summed E-state index contributed by atoms with van der Waals surface area (Å²) in [4.78, 5) is 18.0. The van der Waals surface area contributed by atoms with Gasteiger partial charge >= 0.3 is 0 Å². The molecule has 1 fully saturated rings. The molecule has 1 amide bonds. The van der Waals surface area contributed by atoms with Crippen molar-refractivity contribution in [1.29, 1.82) is 0 Å². The van der Waals surface area contributed by atoms with Gasteiger partial charge in [0.05, 0.1) is 13.7 Å². The van der Waals surface area contributed by atoms with Crippen molar-refractivity contribution in [2.45, 2.75) is 18.0 Å². The first-order valence-corrected chi connectivity index (χ1v) is 9.66. The molecule has 25 heavy (non-hydrogen) atoms. The number of ether oxygens (including phenoxy) is 1. The minimum absolute atomic E-state index is 0.190. The van der Waals surface area contributed by atoms with E-state index in [1.165, 1.54) is 10.5 Å². The number of nitrogens with zero attached hydrogens (tertiary/aromatic N) is 2. The van der Waals surface area contributed by atoms with E-state index in [1.54, 1.807) is 18.9 Å². The van der Waals surface area contributed by atoms with Gasteiger partial charge < -0.3 is 9.64 Å². The van der Waals surface area contributed by atoms with Crippen molar-refractivity contribution in [1.82, 2.24) is 9.80 Å². The highest BCUT2D eigenvalue weighted by Crippen LogP contribution is 2.19. The highest BCUT2D eigenvalue weighted by Gasteiger charge is 2.24. The minimum atomic E-state index is 0.190. The number of piperazine rings is 1. The van der Waals surface area contributed by atoms with Crippen molar-refractivity contribution < 1.29 is 9.53 Å². The molecule has 2 aromatic carbocycles. The number of methoxy groups -OCH3 is 1. The summed E-state index contributed by atoms with van der Waals surface area (Å²) in [7, 11) is 1.66. The number of carbonyl (C=O) groups is 1. The average molecular weight is 356 g/mol. The molecule has 0 radical (unpaired) electrons. The zero-order valence-electron chi connectivity index (χ0n) is 14.8. The molecule has 1 aliphatic rings. The third kappa shape index (κ3) is 4.77. The summed E-state index contributed by atoms with van der Waals surface area (Å²) >= 11 is 1.75. The lowest BCUT2D eigenvalue weighted by atomic mass is 10.1. The smallest absolute Gasteiger partial charge is 0.237 e. The van der Waals surface area contributed by atoms with Crippen molar-refractivity contribution in [3.63, 3.8) is 0 Å². The fraction of sp³-hybridized carbons (Fsp3) is 0.350. The van der Waals surface area contributed by atoms with Crippen LogP contribution in [0.3, 0.4) is 0 Å². The highest BCUT2D eigenvalue weighted by atomic mass is 32.2. The lowest BCUT2D eigenvalue weighted by molar-refractivity contribution is -0.136. The SMILES string of the molecule is COc1cccc(CN2CCN(Cc3cccc(SC)c3)CC2=O)c1. The van der Waals surface area contributed by atoms with E-state index in [0.29, 0.717) is 13.1 Å². The summed E-state index contributed by atoms with van der Waals surface area (Å²) in [5, 5.41) is 0. The quantitative estimate of drug-likeness (QED) is 0.744. The van der Waals surface area contributed by atoms with Crippen LogP contribution in [0.15, 0.2) is 53.4 Å². The molecule has 3 rings (SSSR count). The molecule has 1 aliphatic heterocycles. The number of thioether (sulfide) groups is 1. The zero-order valence-corrected chi connectivity index (χ0v) is 15.6. The lowest BCUT2D eigenvalue weighted by Gasteiger charge is -2.34. The Morgan fingerprint density at radius 2 is 1.80 bits per heavy atom. The van der Waals surface area contributed by atoms with Crippen molar-refractivity contribution in [2.24, 2.45) is 0 Å². The van der Waals surface area contributed by atoms with E-state index in [0.717, 1.165) is 30.9 Å². The molecule has 0 aliphatic carbocycles. The molecule has 0 unspecified atom stereocenters. The van der Waals surface area contributed by atoms with E-state index in [9.17, 15) is 4.79 Å². The van der Waals surface area contributed by atoms with Gasteiger partial charge in [0.25, 0.3) is 0 Å². The lowest BCUT2D eigenvalue weighted by Crippen LogP contribution is -2.49. The second-order valence-corrected chi connectivity index (χ2v) is 7.11. The third-order valence-corrected chi connectivity index (χ3v) is 5.17. The fourth-order valence-electron chi connectivity index (χ4n) is 3.08. The molecule has 4 nitrogen and oxygen atoms in total. The fourth-order valence-corrected chi connectivity index (χ4v) is 3.56. The van der Waals surface area contributed by atoms with Crippen LogP contribution in [0, 0.1) is 0 Å². The Morgan fingerprint density at radius 1 is 1.04 bits per heavy atom. The number of hydrogen-bond acceptors (Lipinski definition) is 4. The second-order valence-electron chi connectivity index (χ2n) is 6.23. The van der Waals surface area contributed by atoms with Crippen LogP contribution in [0.5, 0.6) is 5.75 Å². The van der Waals surface area contributed by atoms with Gasteiger partial charge in [-0.15, -0.1) is 11.8 Å². The average Bonchev–Trinajstić information content (AvgIpc) is 2.64. The molecule has 0 saturated carbocycles. The predicted molar refractivity (Wildman–Crippen MR) is 102 cm³/mol. The van der Waals surface area contributed by atoms with Crippen molar-refractivity contribution in [3.8, 4) is 5.75 Å². The predicted octanol–water partition coefficient (Wildman–Crippen LogP) is 3.26. The molecule has 0 atom stereocenters. The monoisotopic (exact) mass is 356 g/mol. The number of amides is 1. The van der Waals surface area contributed by atoms with E-state index < -0.39 is 0 Å². The van der Waals surface area contributed by atoms with Gasteiger partial charge in [-0.2, -0.15) is 0 Å². The Bertz CT molecular complexity index is 735. The van der Waals surface area contributed by atoms with Crippen LogP contribution in [0.4, 0.5) is 0 Å². The second kappa shape index (κ2) is 8.41. The standard InChI is InChI=1S/C20H24N2O2S/c1-24-18-7-3-5-16(11-18)14-22-10-9-21(15-20(22)23)13-17-6-4-8-19(12-17)25-2/h3-8,11-12H,9-10,13-15H2,1-2H3. The van der Waals surface area contributed by atoms with Gasteiger partial charge in [0.2, 0.25) is 5.91 Å². The zero-order chi connectivity index (χ0) is 17.6. The Balaban J connectivity index is 1.57. The van der Waals surface area contributed by atoms with Gasteiger partial charge in [0, 0.05) is 31.1 Å². The third-order valence-electron chi connectivity index (χ3n) is 4.45. The summed E-state index contributed by atoms with van der Waals surface area (Å²) in [5.41, 5.74) is 2.37. The maximum absolute atomic E-state index is 12.5. The first-order chi connectivity index (χ1) is 12.2. The van der Waals surface area contributed by atoms with Crippen LogP contribution in [0.2, 0.25) is 0 Å². The summed E-state index contributed by atoms with van der Waals surface area (Å²) in [6, 6.07) is 16.5. The maximum Gasteiger partial charge on any atom is 0.237 e. The molecule has 0 aromatic heterocycles. The van der Waals surface area contributed by atoms with Crippen molar-refractivity contribution >= 4 is 17.7 Å². The largest absolute Gasteiger partial charge is 0.497 e. The first-order valence-electron chi connectivity index (χ1n) is 8.44. The van der Waals surface area contributed by atoms with Gasteiger partial charge in [0.1, 0.15) is 5.75 Å².